The van der Waals surface area contributed by atoms with E-state index < -0.39 is 5.97 Å². The molecule has 120 valence electrons. The summed E-state index contributed by atoms with van der Waals surface area (Å²) < 4.78 is 0. The molecule has 0 atom stereocenters. The minimum atomic E-state index is -0.904. The lowest BCUT2D eigenvalue weighted by Crippen LogP contribution is -2.48. The average Bonchev–Trinajstić information content (AvgIpc) is 3.09. The van der Waals surface area contributed by atoms with Gasteiger partial charge in [0.25, 0.3) is 5.91 Å². The second-order valence-electron chi connectivity index (χ2n) is 5.55. The molecule has 1 aliphatic heterocycles. The predicted octanol–water partition coefficient (Wildman–Crippen LogP) is 2.40. The lowest BCUT2D eigenvalue weighted by molar-refractivity contribution is 0.0630. The van der Waals surface area contributed by atoms with Crippen LogP contribution >= 0.6 is 11.3 Å². The van der Waals surface area contributed by atoms with Crippen molar-refractivity contribution in [2.45, 2.75) is 6.54 Å². The van der Waals surface area contributed by atoms with Crippen molar-refractivity contribution in [2.75, 3.05) is 26.2 Å². The summed E-state index contributed by atoms with van der Waals surface area (Å²) in [4.78, 5) is 28.2. The first kappa shape index (κ1) is 15.7. The van der Waals surface area contributed by atoms with Crippen LogP contribution in [-0.4, -0.2) is 53.0 Å². The maximum absolute atomic E-state index is 12.3. The lowest BCUT2D eigenvalue weighted by Gasteiger charge is -2.34. The molecule has 1 saturated heterocycles. The van der Waals surface area contributed by atoms with Gasteiger partial charge in [-0.2, -0.15) is 0 Å². The van der Waals surface area contributed by atoms with Gasteiger partial charge in [-0.05, 0) is 29.1 Å². The highest BCUT2D eigenvalue weighted by molar-refractivity contribution is 7.12. The van der Waals surface area contributed by atoms with Gasteiger partial charge in [0.2, 0.25) is 0 Å². The van der Waals surface area contributed by atoms with Crippen LogP contribution in [-0.2, 0) is 6.54 Å². The van der Waals surface area contributed by atoms with Crippen molar-refractivity contribution in [3.63, 3.8) is 0 Å². The van der Waals surface area contributed by atoms with Crippen molar-refractivity contribution in [1.29, 1.82) is 0 Å². The number of thiophene rings is 1. The molecule has 23 heavy (non-hydrogen) atoms. The van der Waals surface area contributed by atoms with E-state index in [0.29, 0.717) is 25.2 Å². The SMILES string of the molecule is O=C(O)c1cccc(CN2CCN(C(=O)c3cccs3)CC2)c1. The fourth-order valence-electron chi connectivity index (χ4n) is 2.73. The van der Waals surface area contributed by atoms with Crippen LogP contribution in [0.2, 0.25) is 0 Å². The zero-order chi connectivity index (χ0) is 16.2. The van der Waals surface area contributed by atoms with E-state index in [-0.39, 0.29) is 5.91 Å². The van der Waals surface area contributed by atoms with Crippen molar-refractivity contribution in [3.8, 4) is 0 Å². The van der Waals surface area contributed by atoms with Gasteiger partial charge in [-0.25, -0.2) is 4.79 Å². The minimum Gasteiger partial charge on any atom is -0.478 e. The Morgan fingerprint density at radius 2 is 1.87 bits per heavy atom. The summed E-state index contributed by atoms with van der Waals surface area (Å²) in [6.07, 6.45) is 0. The standard InChI is InChI=1S/C17H18N2O3S/c20-16(15-5-2-10-23-15)19-8-6-18(7-9-19)12-13-3-1-4-14(11-13)17(21)22/h1-5,10-11H,6-9,12H2,(H,21,22). The number of hydrogen-bond donors (Lipinski definition) is 1. The van der Waals surface area contributed by atoms with Crippen molar-refractivity contribution >= 4 is 23.2 Å². The molecule has 2 aromatic rings. The van der Waals surface area contributed by atoms with Crippen molar-refractivity contribution in [1.82, 2.24) is 9.80 Å². The molecular formula is C17H18N2O3S. The number of carbonyl (C=O) groups excluding carboxylic acids is 1. The Kier molecular flexibility index (Phi) is 4.73. The van der Waals surface area contributed by atoms with Crippen LogP contribution in [0.25, 0.3) is 0 Å². The number of nitrogens with zero attached hydrogens (tertiary/aromatic N) is 2. The zero-order valence-corrected chi connectivity index (χ0v) is 13.5. The van der Waals surface area contributed by atoms with Gasteiger partial charge in [0.1, 0.15) is 0 Å². The summed E-state index contributed by atoms with van der Waals surface area (Å²) >= 11 is 1.47. The number of hydrogen-bond acceptors (Lipinski definition) is 4. The molecule has 5 nitrogen and oxygen atoms in total. The molecule has 1 aliphatic rings. The Hall–Kier alpha value is -2.18. The molecule has 1 N–H and O–H groups in total. The Labute approximate surface area is 138 Å². The molecule has 1 aromatic heterocycles. The Morgan fingerprint density at radius 3 is 2.52 bits per heavy atom. The number of benzene rings is 1. The summed E-state index contributed by atoms with van der Waals surface area (Å²) in [6, 6.07) is 10.8. The van der Waals surface area contributed by atoms with Crippen LogP contribution in [0.15, 0.2) is 41.8 Å². The van der Waals surface area contributed by atoms with E-state index in [2.05, 4.69) is 4.90 Å². The molecule has 0 aliphatic carbocycles. The van der Waals surface area contributed by atoms with Gasteiger partial charge in [-0.3, -0.25) is 9.69 Å². The highest BCUT2D eigenvalue weighted by atomic mass is 32.1. The van der Waals surface area contributed by atoms with Gasteiger partial charge in [0, 0.05) is 32.7 Å². The van der Waals surface area contributed by atoms with Gasteiger partial charge in [0.05, 0.1) is 10.4 Å². The maximum atomic E-state index is 12.3. The quantitative estimate of drug-likeness (QED) is 0.935. The number of amides is 1. The molecular weight excluding hydrogens is 312 g/mol. The van der Waals surface area contributed by atoms with Gasteiger partial charge in [-0.15, -0.1) is 11.3 Å². The fraction of sp³-hybridized carbons (Fsp3) is 0.294. The first-order valence-corrected chi connectivity index (χ1v) is 8.39. The van der Waals surface area contributed by atoms with Gasteiger partial charge in [-0.1, -0.05) is 18.2 Å². The normalized spacial score (nSPS) is 15.6. The molecule has 1 aromatic carbocycles. The summed E-state index contributed by atoms with van der Waals surface area (Å²) in [6.45, 7) is 3.72. The fourth-order valence-corrected chi connectivity index (χ4v) is 3.42. The van der Waals surface area contributed by atoms with E-state index in [4.69, 9.17) is 5.11 Å². The highest BCUT2D eigenvalue weighted by Crippen LogP contribution is 2.15. The van der Waals surface area contributed by atoms with Crippen molar-refractivity contribution in [3.05, 3.63) is 57.8 Å². The Balaban J connectivity index is 1.56. The van der Waals surface area contributed by atoms with Crippen LogP contribution in [0.3, 0.4) is 0 Å². The predicted molar refractivity (Wildman–Crippen MR) is 88.9 cm³/mol. The van der Waals surface area contributed by atoms with Crippen LogP contribution in [0, 0.1) is 0 Å². The third-order valence-electron chi connectivity index (χ3n) is 3.97. The van der Waals surface area contributed by atoms with Crippen molar-refractivity contribution in [2.24, 2.45) is 0 Å². The van der Waals surface area contributed by atoms with Crippen LogP contribution < -0.4 is 0 Å². The van der Waals surface area contributed by atoms with Gasteiger partial charge < -0.3 is 10.0 Å². The number of carbonyl (C=O) groups is 2. The monoisotopic (exact) mass is 330 g/mol. The zero-order valence-electron chi connectivity index (χ0n) is 12.6. The van der Waals surface area contributed by atoms with E-state index in [1.165, 1.54) is 11.3 Å². The molecule has 0 unspecified atom stereocenters. The molecule has 2 heterocycles. The van der Waals surface area contributed by atoms with Gasteiger partial charge >= 0.3 is 5.97 Å². The first-order chi connectivity index (χ1) is 11.1. The first-order valence-electron chi connectivity index (χ1n) is 7.51. The van der Waals surface area contributed by atoms with E-state index in [1.54, 1.807) is 18.2 Å². The third-order valence-corrected chi connectivity index (χ3v) is 4.83. The van der Waals surface area contributed by atoms with E-state index in [0.717, 1.165) is 23.5 Å². The Morgan fingerprint density at radius 1 is 1.09 bits per heavy atom. The number of rotatable bonds is 4. The molecule has 0 saturated carbocycles. The molecule has 0 radical (unpaired) electrons. The van der Waals surface area contributed by atoms with E-state index in [1.807, 2.05) is 28.5 Å². The van der Waals surface area contributed by atoms with Gasteiger partial charge in [0.15, 0.2) is 0 Å². The summed E-state index contributed by atoms with van der Waals surface area (Å²) in [5.74, 6) is -0.800. The largest absolute Gasteiger partial charge is 0.478 e. The maximum Gasteiger partial charge on any atom is 0.335 e. The van der Waals surface area contributed by atoms with Crippen LogP contribution in [0.4, 0.5) is 0 Å². The minimum absolute atomic E-state index is 0.104. The smallest absolute Gasteiger partial charge is 0.335 e. The molecule has 1 fully saturated rings. The average molecular weight is 330 g/mol. The number of aromatic carboxylic acids is 1. The number of carboxylic acids is 1. The highest BCUT2D eigenvalue weighted by Gasteiger charge is 2.22. The van der Waals surface area contributed by atoms with Crippen molar-refractivity contribution < 1.29 is 14.7 Å². The topological polar surface area (TPSA) is 60.9 Å². The van der Waals surface area contributed by atoms with Crippen LogP contribution in [0.1, 0.15) is 25.6 Å². The molecule has 1 amide bonds. The molecule has 6 heteroatoms. The molecule has 3 rings (SSSR count). The summed E-state index contributed by atoms with van der Waals surface area (Å²) in [5, 5.41) is 11.0. The van der Waals surface area contributed by atoms with E-state index >= 15 is 0 Å². The second-order valence-corrected chi connectivity index (χ2v) is 6.50. The lowest BCUT2D eigenvalue weighted by atomic mass is 10.1. The van der Waals surface area contributed by atoms with Crippen LogP contribution in [0.5, 0.6) is 0 Å². The van der Waals surface area contributed by atoms with E-state index in [9.17, 15) is 9.59 Å². The Bertz CT molecular complexity index is 692. The summed E-state index contributed by atoms with van der Waals surface area (Å²) in [7, 11) is 0. The second kappa shape index (κ2) is 6.93. The summed E-state index contributed by atoms with van der Waals surface area (Å²) in [5.41, 5.74) is 1.30. The number of carboxylic acid groups (broad SMARTS) is 1. The number of piperazine rings is 1. The third kappa shape index (κ3) is 3.78. The molecule has 0 bridgehead atoms. The molecule has 0 spiro atoms.